The second kappa shape index (κ2) is 6.48. The van der Waals surface area contributed by atoms with Crippen LogP contribution < -0.4 is 11.1 Å². The Balaban J connectivity index is 1.86. The van der Waals surface area contributed by atoms with Gasteiger partial charge in [-0.1, -0.05) is 56.5 Å². The average molecular weight is 301 g/mol. The van der Waals surface area contributed by atoms with Crippen LogP contribution in [0.3, 0.4) is 0 Å². The zero-order chi connectivity index (χ0) is 14.7. The molecule has 3 nitrogen and oxygen atoms in total. The van der Waals surface area contributed by atoms with Gasteiger partial charge in [0, 0.05) is 6.04 Å². The van der Waals surface area contributed by atoms with Gasteiger partial charge in [0.15, 0.2) is 0 Å². The van der Waals surface area contributed by atoms with Crippen molar-refractivity contribution >= 4 is 22.4 Å². The van der Waals surface area contributed by atoms with Crippen molar-refractivity contribution in [3.63, 3.8) is 0 Å². The van der Waals surface area contributed by atoms with E-state index in [2.05, 4.69) is 28.7 Å². The minimum absolute atomic E-state index is 0.537. The van der Waals surface area contributed by atoms with Crippen LogP contribution in [-0.2, 0) is 0 Å². The predicted octanol–water partition coefficient (Wildman–Crippen LogP) is 4.77. The lowest BCUT2D eigenvalue weighted by Gasteiger charge is -2.23. The Morgan fingerprint density at radius 2 is 1.90 bits per heavy atom. The number of aromatic nitrogens is 1. The van der Waals surface area contributed by atoms with Gasteiger partial charge < -0.3 is 11.1 Å². The Bertz CT molecular complexity index is 579. The van der Waals surface area contributed by atoms with E-state index in [0.717, 1.165) is 16.1 Å². The van der Waals surface area contributed by atoms with Gasteiger partial charge in [-0.15, -0.1) is 0 Å². The molecule has 3 N–H and O–H groups in total. The first-order valence-electron chi connectivity index (χ1n) is 7.83. The molecular formula is C17H23N3S. The Morgan fingerprint density at radius 3 is 2.71 bits per heavy atom. The third-order valence-electron chi connectivity index (χ3n) is 4.46. The van der Waals surface area contributed by atoms with Crippen LogP contribution in [0.15, 0.2) is 30.3 Å². The van der Waals surface area contributed by atoms with E-state index < -0.39 is 0 Å². The van der Waals surface area contributed by atoms with Crippen molar-refractivity contribution in [3.05, 3.63) is 30.3 Å². The van der Waals surface area contributed by atoms with E-state index in [0.29, 0.717) is 17.8 Å². The quantitative estimate of drug-likeness (QED) is 0.803. The maximum Gasteiger partial charge on any atom is 0.147 e. The molecule has 1 aliphatic carbocycles. The van der Waals surface area contributed by atoms with E-state index in [1.54, 1.807) is 0 Å². The van der Waals surface area contributed by atoms with Crippen LogP contribution in [0.25, 0.3) is 11.1 Å². The molecule has 2 atom stereocenters. The van der Waals surface area contributed by atoms with Crippen LogP contribution in [0.4, 0.5) is 10.8 Å². The van der Waals surface area contributed by atoms with Crippen LogP contribution >= 0.6 is 11.5 Å². The van der Waals surface area contributed by atoms with E-state index in [4.69, 9.17) is 5.73 Å². The molecule has 0 amide bonds. The molecule has 1 aromatic carbocycles. The predicted molar refractivity (Wildman–Crippen MR) is 91.6 cm³/mol. The fraction of sp³-hybridized carbons (Fsp3) is 0.471. The smallest absolute Gasteiger partial charge is 0.147 e. The molecule has 3 rings (SSSR count). The highest BCUT2D eigenvalue weighted by Crippen LogP contribution is 2.38. The number of rotatable bonds is 3. The highest BCUT2D eigenvalue weighted by molar-refractivity contribution is 7.11. The van der Waals surface area contributed by atoms with Gasteiger partial charge in [-0.25, -0.2) is 0 Å². The maximum absolute atomic E-state index is 6.10. The van der Waals surface area contributed by atoms with Gasteiger partial charge in [-0.05, 0) is 35.9 Å². The number of nitrogens with one attached hydrogen (secondary N) is 1. The van der Waals surface area contributed by atoms with Crippen LogP contribution in [0.2, 0.25) is 0 Å². The van der Waals surface area contributed by atoms with Gasteiger partial charge in [-0.3, -0.25) is 0 Å². The molecule has 2 unspecified atom stereocenters. The average Bonchev–Trinajstić information content (AvgIpc) is 2.74. The van der Waals surface area contributed by atoms with E-state index in [9.17, 15) is 0 Å². The molecule has 112 valence electrons. The lowest BCUT2D eigenvalue weighted by atomic mass is 9.97. The summed E-state index contributed by atoms with van der Waals surface area (Å²) < 4.78 is 4.36. The summed E-state index contributed by atoms with van der Waals surface area (Å²) >= 11 is 1.49. The number of hydrogen-bond acceptors (Lipinski definition) is 4. The highest BCUT2D eigenvalue weighted by atomic mass is 32.1. The Morgan fingerprint density at radius 1 is 1.14 bits per heavy atom. The van der Waals surface area contributed by atoms with Crippen LogP contribution in [0, 0.1) is 5.92 Å². The number of hydrogen-bond donors (Lipinski definition) is 2. The van der Waals surface area contributed by atoms with Crippen LogP contribution in [-0.4, -0.2) is 10.4 Å². The van der Waals surface area contributed by atoms with Crippen molar-refractivity contribution in [1.82, 2.24) is 4.37 Å². The van der Waals surface area contributed by atoms with E-state index >= 15 is 0 Å². The molecule has 0 aliphatic heterocycles. The van der Waals surface area contributed by atoms with E-state index in [1.165, 1.54) is 43.6 Å². The summed E-state index contributed by atoms with van der Waals surface area (Å²) in [5, 5.41) is 4.86. The van der Waals surface area contributed by atoms with Crippen LogP contribution in [0.1, 0.15) is 39.0 Å². The van der Waals surface area contributed by atoms with Gasteiger partial charge in [-0.2, -0.15) is 4.37 Å². The summed E-state index contributed by atoms with van der Waals surface area (Å²) in [7, 11) is 0. The zero-order valence-electron chi connectivity index (χ0n) is 12.5. The van der Waals surface area contributed by atoms with Gasteiger partial charge >= 0.3 is 0 Å². The fourth-order valence-electron chi connectivity index (χ4n) is 3.16. The van der Waals surface area contributed by atoms with Crippen molar-refractivity contribution in [2.24, 2.45) is 5.92 Å². The number of nitrogens with zero attached hydrogens (tertiary/aromatic N) is 1. The first-order valence-corrected chi connectivity index (χ1v) is 8.60. The molecule has 1 fully saturated rings. The molecule has 4 heteroatoms. The second-order valence-corrected chi connectivity index (χ2v) is 6.78. The molecular weight excluding hydrogens is 278 g/mol. The number of nitrogen functional groups attached to an aromatic ring is 1. The standard InChI is InChI=1S/C17H23N3S/c1-12-8-4-2-7-11-14(12)19-17-15(16(18)20-21-17)13-9-5-3-6-10-13/h3,5-6,9-10,12,14,19H,2,4,7-8,11H2,1H3,(H2,18,20). The Kier molecular flexibility index (Phi) is 4.44. The first-order chi connectivity index (χ1) is 10.3. The molecule has 0 radical (unpaired) electrons. The molecule has 0 bridgehead atoms. The summed E-state index contributed by atoms with van der Waals surface area (Å²) in [5.41, 5.74) is 8.32. The van der Waals surface area contributed by atoms with Crippen molar-refractivity contribution in [3.8, 4) is 11.1 Å². The molecule has 2 aromatic rings. The molecule has 1 aliphatic rings. The maximum atomic E-state index is 6.10. The van der Waals surface area contributed by atoms with Crippen molar-refractivity contribution in [1.29, 1.82) is 0 Å². The minimum atomic E-state index is 0.537. The SMILES string of the molecule is CC1CCCCCC1Nc1snc(N)c1-c1ccccc1. The van der Waals surface area contributed by atoms with Gasteiger partial charge in [0.1, 0.15) is 10.8 Å². The van der Waals surface area contributed by atoms with E-state index in [-0.39, 0.29) is 0 Å². The Hall–Kier alpha value is -1.55. The molecule has 0 spiro atoms. The lowest BCUT2D eigenvalue weighted by Crippen LogP contribution is -2.25. The topological polar surface area (TPSA) is 50.9 Å². The minimum Gasteiger partial charge on any atom is -0.382 e. The van der Waals surface area contributed by atoms with E-state index in [1.807, 2.05) is 18.2 Å². The number of anilines is 2. The first kappa shape index (κ1) is 14.4. The summed E-state index contributed by atoms with van der Waals surface area (Å²) in [6.07, 6.45) is 6.59. The Labute approximate surface area is 130 Å². The molecule has 0 saturated heterocycles. The number of nitrogens with two attached hydrogens (primary N) is 1. The largest absolute Gasteiger partial charge is 0.382 e. The van der Waals surface area contributed by atoms with Crippen molar-refractivity contribution in [2.45, 2.75) is 45.1 Å². The summed E-state index contributed by atoms with van der Waals surface area (Å²) in [6, 6.07) is 10.9. The van der Waals surface area contributed by atoms with Gasteiger partial charge in [0.05, 0.1) is 5.56 Å². The molecule has 1 saturated carbocycles. The lowest BCUT2D eigenvalue weighted by molar-refractivity contribution is 0.457. The highest BCUT2D eigenvalue weighted by Gasteiger charge is 2.22. The molecule has 1 heterocycles. The molecule has 21 heavy (non-hydrogen) atoms. The normalized spacial score (nSPS) is 22.7. The van der Waals surface area contributed by atoms with Crippen molar-refractivity contribution in [2.75, 3.05) is 11.1 Å². The zero-order valence-corrected chi connectivity index (χ0v) is 13.3. The van der Waals surface area contributed by atoms with Gasteiger partial charge in [0.2, 0.25) is 0 Å². The third kappa shape index (κ3) is 3.21. The number of benzene rings is 1. The van der Waals surface area contributed by atoms with Crippen LogP contribution in [0.5, 0.6) is 0 Å². The monoisotopic (exact) mass is 301 g/mol. The second-order valence-electron chi connectivity index (χ2n) is 6.00. The summed E-state index contributed by atoms with van der Waals surface area (Å²) in [6.45, 7) is 2.36. The van der Waals surface area contributed by atoms with Gasteiger partial charge in [0.25, 0.3) is 0 Å². The third-order valence-corrected chi connectivity index (χ3v) is 5.25. The van der Waals surface area contributed by atoms with Crippen molar-refractivity contribution < 1.29 is 0 Å². The summed E-state index contributed by atoms with van der Waals surface area (Å²) in [4.78, 5) is 0. The fourth-order valence-corrected chi connectivity index (χ4v) is 3.96. The summed E-state index contributed by atoms with van der Waals surface area (Å²) in [5.74, 6) is 1.34. The molecule has 1 aromatic heterocycles.